The van der Waals surface area contributed by atoms with Crippen molar-refractivity contribution in [1.29, 1.82) is 0 Å². The molecule has 0 aliphatic rings. The van der Waals surface area contributed by atoms with Gasteiger partial charge in [0.2, 0.25) is 0 Å². The molecule has 88 valence electrons. The van der Waals surface area contributed by atoms with Crippen LogP contribution in [0.15, 0.2) is 28.6 Å². The number of primary amides is 1. The van der Waals surface area contributed by atoms with E-state index < -0.39 is 5.91 Å². The second-order valence-electron chi connectivity index (χ2n) is 3.23. The molecule has 17 heavy (non-hydrogen) atoms. The van der Waals surface area contributed by atoms with Gasteiger partial charge in [0.15, 0.2) is 4.34 Å². The minimum atomic E-state index is -0.569. The van der Waals surface area contributed by atoms with Gasteiger partial charge >= 0.3 is 0 Å². The van der Waals surface area contributed by atoms with Crippen LogP contribution in [-0.4, -0.2) is 17.1 Å². The highest BCUT2D eigenvalue weighted by molar-refractivity contribution is 8.00. The van der Waals surface area contributed by atoms with Gasteiger partial charge in [0.1, 0.15) is 11.5 Å². The van der Waals surface area contributed by atoms with Gasteiger partial charge in [-0.05, 0) is 24.0 Å². The lowest BCUT2D eigenvalue weighted by molar-refractivity contribution is 0.0996. The number of amides is 1. The summed E-state index contributed by atoms with van der Waals surface area (Å²) in [5.41, 5.74) is 6.26. The second-order valence-corrected chi connectivity index (χ2v) is 5.29. The van der Waals surface area contributed by atoms with E-state index >= 15 is 0 Å². The van der Waals surface area contributed by atoms with Gasteiger partial charge in [-0.1, -0.05) is 23.9 Å². The molecule has 3 nitrogen and oxygen atoms in total. The van der Waals surface area contributed by atoms with E-state index in [1.54, 1.807) is 12.1 Å². The van der Waals surface area contributed by atoms with Crippen LogP contribution in [0.1, 0.15) is 10.5 Å². The number of rotatable bonds is 3. The second kappa shape index (κ2) is 4.85. The Hall–Kier alpha value is -1.40. The first-order valence-electron chi connectivity index (χ1n) is 4.72. The fourth-order valence-electron chi connectivity index (χ4n) is 1.35. The number of benzene rings is 1. The Labute approximate surface area is 106 Å². The normalized spacial score (nSPS) is 10.5. The number of carbonyl (C=O) groups is 1. The van der Waals surface area contributed by atoms with E-state index in [0.29, 0.717) is 4.88 Å². The highest BCUT2D eigenvalue weighted by Gasteiger charge is 2.16. The molecular weight excluding hydrogens is 259 g/mol. The maximum atomic E-state index is 12.8. The number of nitrogens with zero attached hydrogens (tertiary/aromatic N) is 1. The van der Waals surface area contributed by atoms with Gasteiger partial charge in [-0.25, -0.2) is 9.37 Å². The highest BCUT2D eigenvalue weighted by Crippen LogP contribution is 2.34. The highest BCUT2D eigenvalue weighted by atomic mass is 32.2. The zero-order valence-corrected chi connectivity index (χ0v) is 10.6. The molecule has 0 aliphatic carbocycles. The molecule has 0 unspecified atom stereocenters. The predicted octanol–water partition coefficient (Wildman–Crippen LogP) is 2.77. The summed E-state index contributed by atoms with van der Waals surface area (Å²) in [6.45, 7) is 0. The summed E-state index contributed by atoms with van der Waals surface area (Å²) >= 11 is 2.82. The molecule has 0 fully saturated rings. The third-order valence-corrected chi connectivity index (χ3v) is 4.21. The zero-order chi connectivity index (χ0) is 12.4. The maximum absolute atomic E-state index is 12.8. The molecule has 1 aromatic heterocycles. The minimum Gasteiger partial charge on any atom is -0.364 e. The minimum absolute atomic E-state index is 0.242. The van der Waals surface area contributed by atoms with Gasteiger partial charge in [0, 0.05) is 0 Å². The molecule has 0 saturated carbocycles. The summed E-state index contributed by atoms with van der Waals surface area (Å²) in [6.07, 6.45) is 1.87. The molecule has 1 heterocycles. The molecular formula is C11H9FN2OS2. The topological polar surface area (TPSA) is 56.0 Å². The molecule has 0 atom stereocenters. The molecule has 0 radical (unpaired) electrons. The fourth-order valence-corrected chi connectivity index (χ4v) is 2.93. The zero-order valence-electron chi connectivity index (χ0n) is 8.94. The number of halogens is 1. The molecule has 0 saturated heterocycles. The van der Waals surface area contributed by atoms with E-state index in [2.05, 4.69) is 4.98 Å². The summed E-state index contributed by atoms with van der Waals surface area (Å²) in [7, 11) is 0. The molecule has 0 bridgehead atoms. The third-order valence-electron chi connectivity index (χ3n) is 2.12. The van der Waals surface area contributed by atoms with Crippen molar-refractivity contribution in [2.24, 2.45) is 5.73 Å². The van der Waals surface area contributed by atoms with Gasteiger partial charge in [0.05, 0.1) is 4.88 Å². The summed E-state index contributed by atoms with van der Waals surface area (Å²) in [5, 5.41) is 0. The maximum Gasteiger partial charge on any atom is 0.268 e. The van der Waals surface area contributed by atoms with E-state index in [1.807, 2.05) is 6.26 Å². The van der Waals surface area contributed by atoms with Crippen LogP contribution in [-0.2, 0) is 0 Å². The van der Waals surface area contributed by atoms with Crippen LogP contribution in [0, 0.1) is 5.82 Å². The summed E-state index contributed by atoms with van der Waals surface area (Å²) in [4.78, 5) is 16.1. The SMILES string of the molecule is CSc1nc(C(N)=O)c(-c2ccc(F)cc2)s1. The van der Waals surface area contributed by atoms with E-state index in [1.165, 1.54) is 35.2 Å². The number of thioether (sulfide) groups is 1. The van der Waals surface area contributed by atoms with Gasteiger partial charge in [-0.15, -0.1) is 11.3 Å². The standard InChI is InChI=1S/C11H9FN2OS2/c1-16-11-14-8(10(13)15)9(17-11)6-2-4-7(12)5-3-6/h2-5H,1H3,(H2,13,15). The molecule has 2 rings (SSSR count). The first kappa shape index (κ1) is 12.1. The van der Waals surface area contributed by atoms with Crippen LogP contribution in [0.4, 0.5) is 4.39 Å². The van der Waals surface area contributed by atoms with Gasteiger partial charge in [-0.2, -0.15) is 0 Å². The van der Waals surface area contributed by atoms with E-state index in [-0.39, 0.29) is 11.5 Å². The molecule has 6 heteroatoms. The Kier molecular flexibility index (Phi) is 3.44. The van der Waals surface area contributed by atoms with E-state index in [0.717, 1.165) is 9.90 Å². The lowest BCUT2D eigenvalue weighted by Gasteiger charge is -1.98. The van der Waals surface area contributed by atoms with Crippen LogP contribution in [0.3, 0.4) is 0 Å². The largest absolute Gasteiger partial charge is 0.364 e. The molecule has 2 N–H and O–H groups in total. The molecule has 1 amide bonds. The Balaban J connectivity index is 2.53. The van der Waals surface area contributed by atoms with Crippen molar-refractivity contribution in [3.8, 4) is 10.4 Å². The van der Waals surface area contributed by atoms with Gasteiger partial charge in [-0.3, -0.25) is 4.79 Å². The monoisotopic (exact) mass is 268 g/mol. The van der Waals surface area contributed by atoms with Gasteiger partial charge < -0.3 is 5.73 Å². The molecule has 1 aromatic carbocycles. The predicted molar refractivity (Wildman–Crippen MR) is 67.8 cm³/mol. The van der Waals surface area contributed by atoms with Crippen LogP contribution < -0.4 is 5.73 Å². The molecule has 0 spiro atoms. The van der Waals surface area contributed by atoms with Crippen LogP contribution in [0.25, 0.3) is 10.4 Å². The van der Waals surface area contributed by atoms with Crippen molar-refractivity contribution in [2.45, 2.75) is 4.34 Å². The van der Waals surface area contributed by atoms with Crippen LogP contribution in [0.5, 0.6) is 0 Å². The van der Waals surface area contributed by atoms with E-state index in [4.69, 9.17) is 5.73 Å². The van der Waals surface area contributed by atoms with Crippen LogP contribution >= 0.6 is 23.1 Å². The summed E-state index contributed by atoms with van der Waals surface area (Å²) < 4.78 is 13.6. The van der Waals surface area contributed by atoms with Crippen molar-refractivity contribution >= 4 is 29.0 Å². The fraction of sp³-hybridized carbons (Fsp3) is 0.0909. The van der Waals surface area contributed by atoms with Crippen molar-refractivity contribution in [1.82, 2.24) is 4.98 Å². The number of hydrogen-bond donors (Lipinski definition) is 1. The first-order valence-corrected chi connectivity index (χ1v) is 6.76. The van der Waals surface area contributed by atoms with E-state index in [9.17, 15) is 9.18 Å². The quantitative estimate of drug-likeness (QED) is 0.871. The van der Waals surface area contributed by atoms with Crippen LogP contribution in [0.2, 0.25) is 0 Å². The molecule has 0 aliphatic heterocycles. The number of nitrogens with two attached hydrogens (primary N) is 1. The Morgan fingerprint density at radius 1 is 1.41 bits per heavy atom. The number of hydrogen-bond acceptors (Lipinski definition) is 4. The third kappa shape index (κ3) is 2.48. The Morgan fingerprint density at radius 3 is 2.59 bits per heavy atom. The summed E-state index contributed by atoms with van der Waals surface area (Å²) in [5.74, 6) is -0.884. The Morgan fingerprint density at radius 2 is 2.06 bits per heavy atom. The summed E-state index contributed by atoms with van der Waals surface area (Å²) in [6, 6.07) is 5.91. The lowest BCUT2D eigenvalue weighted by Crippen LogP contribution is -2.12. The first-order chi connectivity index (χ1) is 8.11. The lowest BCUT2D eigenvalue weighted by atomic mass is 10.1. The number of carbonyl (C=O) groups excluding carboxylic acids is 1. The average Bonchev–Trinajstić information content (AvgIpc) is 2.74. The van der Waals surface area contributed by atoms with Gasteiger partial charge in [0.25, 0.3) is 5.91 Å². The molecule has 2 aromatic rings. The van der Waals surface area contributed by atoms with Crippen molar-refractivity contribution in [3.05, 3.63) is 35.8 Å². The van der Waals surface area contributed by atoms with Crippen molar-refractivity contribution in [2.75, 3.05) is 6.26 Å². The number of aromatic nitrogens is 1. The van der Waals surface area contributed by atoms with Crippen molar-refractivity contribution in [3.63, 3.8) is 0 Å². The smallest absolute Gasteiger partial charge is 0.268 e. The average molecular weight is 268 g/mol. The van der Waals surface area contributed by atoms with Crippen molar-refractivity contribution < 1.29 is 9.18 Å². The number of thiazole rings is 1. The Bertz CT molecular complexity index is 551.